The van der Waals surface area contributed by atoms with Gasteiger partial charge in [-0.2, -0.15) is 0 Å². The lowest BCUT2D eigenvalue weighted by atomic mass is 9.77. The van der Waals surface area contributed by atoms with E-state index in [4.69, 9.17) is 55.9 Å². The summed E-state index contributed by atoms with van der Waals surface area (Å²) in [6, 6.07) is 9.59. The largest absolute Gasteiger partial charge is 0.505 e. The van der Waals surface area contributed by atoms with Crippen LogP contribution in [0, 0.1) is 0 Å². The fourth-order valence-corrected chi connectivity index (χ4v) is 4.76. The number of halogens is 4. The highest BCUT2D eigenvalue weighted by Crippen LogP contribution is 2.62. The van der Waals surface area contributed by atoms with Crippen LogP contribution in [0.4, 0.5) is 0 Å². The van der Waals surface area contributed by atoms with Gasteiger partial charge in [0.1, 0.15) is 10.0 Å². The number of hydrogen-bond donors (Lipinski definition) is 2. The third-order valence-corrected chi connectivity index (χ3v) is 6.31. The Morgan fingerprint density at radius 2 is 1.31 bits per heavy atom. The highest BCUT2D eigenvalue weighted by Gasteiger charge is 2.55. The number of phenolic OH excluding ortho intramolecular Hbond substituents is 2. The van der Waals surface area contributed by atoms with E-state index >= 15 is 0 Å². The molecule has 2 aliphatic heterocycles. The normalized spacial score (nSPS) is 15.4. The van der Waals surface area contributed by atoms with E-state index in [0.717, 1.165) is 0 Å². The average Bonchev–Trinajstić information content (AvgIpc) is 3.00. The number of rotatable bonds is 0. The number of fused-ring (bicyclic) bond motifs is 6. The van der Waals surface area contributed by atoms with E-state index in [1.54, 1.807) is 24.3 Å². The second-order valence-corrected chi connectivity index (χ2v) is 8.08. The Balaban J connectivity index is 1.99. The van der Waals surface area contributed by atoms with Crippen LogP contribution in [0.15, 0.2) is 36.4 Å². The summed E-state index contributed by atoms with van der Waals surface area (Å²) in [5.74, 6) is -1.40. The van der Waals surface area contributed by atoms with Crippen LogP contribution in [-0.2, 0) is 10.3 Å². The number of ether oxygens (including phenoxy) is 2. The number of carbonyl (C=O) groups excluding carboxylic acids is 1. The molecular weight excluding hydrogens is 462 g/mol. The second-order valence-electron chi connectivity index (χ2n) is 6.51. The topological polar surface area (TPSA) is 76.0 Å². The molecule has 29 heavy (non-hydrogen) atoms. The molecule has 3 aromatic rings. The van der Waals surface area contributed by atoms with Gasteiger partial charge in [0.2, 0.25) is 0 Å². The third-order valence-electron chi connectivity index (χ3n) is 5.03. The third kappa shape index (κ3) is 2.27. The summed E-state index contributed by atoms with van der Waals surface area (Å²) in [6.45, 7) is 0. The van der Waals surface area contributed by atoms with Crippen molar-refractivity contribution in [2.24, 2.45) is 0 Å². The molecule has 2 N–H and O–H groups in total. The van der Waals surface area contributed by atoms with Crippen molar-refractivity contribution in [3.63, 3.8) is 0 Å². The first-order valence-electron chi connectivity index (χ1n) is 8.21. The summed E-state index contributed by atoms with van der Waals surface area (Å²) in [5.41, 5.74) is -0.153. The van der Waals surface area contributed by atoms with Crippen molar-refractivity contribution < 1.29 is 24.5 Å². The lowest BCUT2D eigenvalue weighted by molar-refractivity contribution is 0.0224. The first-order valence-corrected chi connectivity index (χ1v) is 9.72. The molecule has 5 rings (SSSR count). The smallest absolute Gasteiger partial charge is 0.340 e. The monoisotopic (exact) mass is 468 g/mol. The molecule has 0 unspecified atom stereocenters. The fraction of sp³-hybridized carbons (Fsp3) is 0.0500. The summed E-state index contributed by atoms with van der Waals surface area (Å²) >= 11 is 24.9. The first kappa shape index (κ1) is 18.7. The van der Waals surface area contributed by atoms with E-state index in [1.165, 1.54) is 12.1 Å². The van der Waals surface area contributed by atoms with Crippen molar-refractivity contribution in [1.82, 2.24) is 0 Å². The van der Waals surface area contributed by atoms with Crippen LogP contribution in [-0.4, -0.2) is 16.2 Å². The number of phenols is 2. The molecule has 0 aromatic heterocycles. The molecule has 0 aliphatic carbocycles. The number of esters is 1. The van der Waals surface area contributed by atoms with Crippen LogP contribution in [0.5, 0.6) is 23.0 Å². The van der Waals surface area contributed by atoms with Gasteiger partial charge < -0.3 is 19.7 Å². The summed E-state index contributed by atoms with van der Waals surface area (Å²) in [7, 11) is 0. The SMILES string of the molecule is O=C1OC2(c3ccccc31)c1cc(Cl)c(O)c(Cl)c1Oc1c2cc(Cl)c(O)c1Cl. The Bertz CT molecular complexity index is 1190. The van der Waals surface area contributed by atoms with Crippen molar-refractivity contribution in [3.8, 4) is 23.0 Å². The van der Waals surface area contributed by atoms with E-state index in [0.29, 0.717) is 11.1 Å². The Hall–Kier alpha value is -2.31. The van der Waals surface area contributed by atoms with Crippen molar-refractivity contribution in [2.75, 3.05) is 0 Å². The van der Waals surface area contributed by atoms with E-state index in [-0.39, 0.29) is 42.7 Å². The summed E-state index contributed by atoms with van der Waals surface area (Å²) in [6.07, 6.45) is 0. The molecule has 0 atom stereocenters. The summed E-state index contributed by atoms with van der Waals surface area (Å²) in [4.78, 5) is 12.7. The van der Waals surface area contributed by atoms with E-state index in [1.807, 2.05) is 0 Å². The van der Waals surface area contributed by atoms with Crippen LogP contribution in [0.2, 0.25) is 20.1 Å². The second kappa shape index (κ2) is 6.09. The van der Waals surface area contributed by atoms with Gasteiger partial charge in [-0.1, -0.05) is 64.6 Å². The quantitative estimate of drug-likeness (QED) is 0.379. The van der Waals surface area contributed by atoms with Gasteiger partial charge >= 0.3 is 5.97 Å². The van der Waals surface area contributed by atoms with E-state index in [9.17, 15) is 15.0 Å². The van der Waals surface area contributed by atoms with Gasteiger partial charge in [0.25, 0.3) is 0 Å². The molecule has 0 radical (unpaired) electrons. The lowest BCUT2D eigenvalue weighted by Gasteiger charge is -2.37. The molecule has 2 aliphatic rings. The summed E-state index contributed by atoms with van der Waals surface area (Å²) in [5, 5.41) is 19.9. The van der Waals surface area contributed by atoms with Gasteiger partial charge in [0.05, 0.1) is 26.7 Å². The van der Waals surface area contributed by atoms with Gasteiger partial charge in [-0.3, -0.25) is 0 Å². The Morgan fingerprint density at radius 3 is 1.86 bits per heavy atom. The van der Waals surface area contributed by atoms with Gasteiger partial charge in [0.15, 0.2) is 28.6 Å². The summed E-state index contributed by atoms with van der Waals surface area (Å²) < 4.78 is 11.8. The highest BCUT2D eigenvalue weighted by atomic mass is 35.5. The predicted molar refractivity (Wildman–Crippen MR) is 108 cm³/mol. The minimum atomic E-state index is -1.54. The zero-order chi connectivity index (χ0) is 20.7. The Kier molecular flexibility index (Phi) is 3.93. The minimum Gasteiger partial charge on any atom is -0.505 e. The molecule has 3 aromatic carbocycles. The van der Waals surface area contributed by atoms with Crippen LogP contribution >= 0.6 is 46.4 Å². The van der Waals surface area contributed by atoms with E-state index in [2.05, 4.69) is 0 Å². The Labute approximate surface area is 183 Å². The maximum Gasteiger partial charge on any atom is 0.340 e. The number of benzene rings is 3. The molecule has 1 spiro atoms. The number of hydrogen-bond acceptors (Lipinski definition) is 5. The van der Waals surface area contributed by atoms with Crippen molar-refractivity contribution in [2.45, 2.75) is 5.60 Å². The van der Waals surface area contributed by atoms with Gasteiger partial charge in [0, 0.05) is 5.56 Å². The molecule has 5 nitrogen and oxygen atoms in total. The van der Waals surface area contributed by atoms with E-state index < -0.39 is 23.1 Å². The molecule has 0 fully saturated rings. The molecule has 0 amide bonds. The zero-order valence-corrected chi connectivity index (χ0v) is 17.1. The molecule has 0 saturated carbocycles. The average molecular weight is 470 g/mol. The lowest BCUT2D eigenvalue weighted by Crippen LogP contribution is -2.33. The number of aromatic hydroxyl groups is 2. The standard InChI is InChI=1S/C20H8Cl4O5/c21-11-5-9-17(13(23)15(11)25)28-18-10(6-12(22)16(26)14(18)24)20(9)8-4-2-1-3-7(8)19(27)29-20/h1-6,25-26H. The fourth-order valence-electron chi connectivity index (χ4n) is 3.77. The molecule has 0 bridgehead atoms. The first-order chi connectivity index (χ1) is 13.8. The van der Waals surface area contributed by atoms with Crippen molar-refractivity contribution in [1.29, 1.82) is 0 Å². The predicted octanol–water partition coefficient (Wildman–Crippen LogP) is 6.28. The van der Waals surface area contributed by atoms with Crippen LogP contribution < -0.4 is 4.74 Å². The van der Waals surface area contributed by atoms with Crippen LogP contribution in [0.3, 0.4) is 0 Å². The van der Waals surface area contributed by atoms with Gasteiger partial charge in [-0.25, -0.2) is 4.79 Å². The molecular formula is C20H8Cl4O5. The zero-order valence-electron chi connectivity index (χ0n) is 14.1. The van der Waals surface area contributed by atoms with Crippen LogP contribution in [0.1, 0.15) is 27.0 Å². The maximum absolute atomic E-state index is 12.7. The van der Waals surface area contributed by atoms with Gasteiger partial charge in [-0.05, 0) is 18.2 Å². The Morgan fingerprint density at radius 1 is 0.793 bits per heavy atom. The van der Waals surface area contributed by atoms with Crippen molar-refractivity contribution in [3.05, 3.63) is 78.7 Å². The highest BCUT2D eigenvalue weighted by molar-refractivity contribution is 6.39. The molecule has 0 saturated heterocycles. The van der Waals surface area contributed by atoms with Crippen molar-refractivity contribution >= 4 is 52.4 Å². The van der Waals surface area contributed by atoms with Crippen LogP contribution in [0.25, 0.3) is 0 Å². The van der Waals surface area contributed by atoms with Gasteiger partial charge in [-0.15, -0.1) is 0 Å². The molecule has 146 valence electrons. The maximum atomic E-state index is 12.7. The number of carbonyl (C=O) groups is 1. The molecule has 9 heteroatoms. The molecule has 2 heterocycles. The minimum absolute atomic E-state index is 0.00538.